The lowest BCUT2D eigenvalue weighted by Gasteiger charge is -2.26. The quantitative estimate of drug-likeness (QED) is 0.926. The minimum absolute atomic E-state index is 0.747. The van der Waals surface area contributed by atoms with Crippen molar-refractivity contribution in [3.63, 3.8) is 0 Å². The summed E-state index contributed by atoms with van der Waals surface area (Å²) in [6.07, 6.45) is 3.80. The average Bonchev–Trinajstić information content (AvgIpc) is 2.56. The molecule has 0 amide bonds. The van der Waals surface area contributed by atoms with Gasteiger partial charge in [0.2, 0.25) is 5.95 Å². The van der Waals surface area contributed by atoms with Gasteiger partial charge in [-0.2, -0.15) is 0 Å². The number of hydrogen-bond donors (Lipinski definition) is 1. The van der Waals surface area contributed by atoms with Gasteiger partial charge in [0.05, 0.1) is 13.2 Å². The topological polar surface area (TPSA) is 50.3 Å². The van der Waals surface area contributed by atoms with Crippen LogP contribution in [-0.2, 0) is 11.3 Å². The van der Waals surface area contributed by atoms with Gasteiger partial charge in [-0.15, -0.1) is 0 Å². The van der Waals surface area contributed by atoms with Crippen molar-refractivity contribution in [3.05, 3.63) is 42.2 Å². The van der Waals surface area contributed by atoms with E-state index in [2.05, 4.69) is 44.5 Å². The number of rotatable bonds is 4. The number of nitrogens with one attached hydrogen (secondary N) is 1. The Kier molecular flexibility index (Phi) is 4.43. The number of aromatic nitrogens is 2. The normalized spacial score (nSPS) is 15.2. The molecule has 0 unspecified atom stereocenters. The van der Waals surface area contributed by atoms with Crippen molar-refractivity contribution in [1.29, 1.82) is 0 Å². The second kappa shape index (κ2) is 6.65. The second-order valence-electron chi connectivity index (χ2n) is 5.10. The number of anilines is 1. The fraction of sp³-hybridized carbons (Fsp3) is 0.375. The van der Waals surface area contributed by atoms with E-state index >= 15 is 0 Å². The Hall–Kier alpha value is -1.98. The fourth-order valence-corrected chi connectivity index (χ4v) is 2.46. The van der Waals surface area contributed by atoms with E-state index in [-0.39, 0.29) is 0 Å². The summed E-state index contributed by atoms with van der Waals surface area (Å²) in [6, 6.07) is 8.44. The maximum atomic E-state index is 5.35. The van der Waals surface area contributed by atoms with Crippen LogP contribution in [0.4, 0.5) is 5.95 Å². The van der Waals surface area contributed by atoms with Crippen LogP contribution in [0, 0.1) is 0 Å². The first-order valence-electron chi connectivity index (χ1n) is 7.25. The predicted octanol–water partition coefficient (Wildman–Crippen LogP) is 1.70. The van der Waals surface area contributed by atoms with Crippen molar-refractivity contribution in [1.82, 2.24) is 15.3 Å². The molecule has 110 valence electrons. The summed E-state index contributed by atoms with van der Waals surface area (Å²) < 4.78 is 5.35. The molecule has 0 saturated carbocycles. The zero-order valence-corrected chi connectivity index (χ0v) is 12.2. The number of ether oxygens (including phenoxy) is 1. The van der Waals surface area contributed by atoms with Crippen LogP contribution in [0.1, 0.15) is 5.56 Å². The number of benzene rings is 1. The lowest BCUT2D eigenvalue weighted by Crippen LogP contribution is -2.37. The van der Waals surface area contributed by atoms with E-state index in [9.17, 15) is 0 Å². The molecule has 1 aliphatic heterocycles. The summed E-state index contributed by atoms with van der Waals surface area (Å²) in [7, 11) is 1.95. The molecule has 1 fully saturated rings. The summed E-state index contributed by atoms with van der Waals surface area (Å²) in [5.74, 6) is 0.786. The first-order chi connectivity index (χ1) is 10.4. The highest BCUT2D eigenvalue weighted by atomic mass is 16.5. The van der Waals surface area contributed by atoms with Crippen LogP contribution in [0.15, 0.2) is 36.7 Å². The highest BCUT2D eigenvalue weighted by molar-refractivity contribution is 5.62. The molecule has 0 spiro atoms. The SMILES string of the molecule is CNCc1cccc(-c2cnc(N3CCOCC3)nc2)c1. The molecule has 1 saturated heterocycles. The number of morpholine rings is 1. The van der Waals surface area contributed by atoms with E-state index in [1.165, 1.54) is 5.56 Å². The molecule has 2 aromatic rings. The van der Waals surface area contributed by atoms with Crippen LogP contribution < -0.4 is 10.2 Å². The maximum Gasteiger partial charge on any atom is 0.225 e. The van der Waals surface area contributed by atoms with Crippen LogP contribution in [-0.4, -0.2) is 43.3 Å². The van der Waals surface area contributed by atoms with Crippen molar-refractivity contribution in [2.24, 2.45) is 0 Å². The highest BCUT2D eigenvalue weighted by Crippen LogP contribution is 2.20. The molecular formula is C16H20N4O. The summed E-state index contributed by atoms with van der Waals surface area (Å²) in [5, 5.41) is 3.17. The standard InChI is InChI=1S/C16H20N4O/c1-17-10-13-3-2-4-14(9-13)15-11-18-16(19-12-15)20-5-7-21-8-6-20/h2-4,9,11-12,17H,5-8,10H2,1H3. The molecule has 0 bridgehead atoms. The first kappa shape index (κ1) is 14.0. The summed E-state index contributed by atoms with van der Waals surface area (Å²) in [4.78, 5) is 11.2. The van der Waals surface area contributed by atoms with Crippen LogP contribution in [0.3, 0.4) is 0 Å². The predicted molar refractivity (Wildman–Crippen MR) is 83.3 cm³/mol. The molecule has 0 atom stereocenters. The Bertz CT molecular complexity index is 579. The first-order valence-corrected chi connectivity index (χ1v) is 7.25. The highest BCUT2D eigenvalue weighted by Gasteiger charge is 2.13. The zero-order chi connectivity index (χ0) is 14.5. The van der Waals surface area contributed by atoms with E-state index in [0.29, 0.717) is 0 Å². The Morgan fingerprint density at radius 1 is 1.14 bits per heavy atom. The molecule has 0 radical (unpaired) electrons. The Balaban J connectivity index is 1.78. The monoisotopic (exact) mass is 284 g/mol. The summed E-state index contributed by atoms with van der Waals surface area (Å²) >= 11 is 0. The molecule has 21 heavy (non-hydrogen) atoms. The van der Waals surface area contributed by atoms with Crippen LogP contribution in [0.25, 0.3) is 11.1 Å². The molecule has 1 aromatic carbocycles. The average molecular weight is 284 g/mol. The third-order valence-corrected chi connectivity index (χ3v) is 3.57. The van der Waals surface area contributed by atoms with Gasteiger partial charge in [-0.1, -0.05) is 18.2 Å². The molecule has 3 rings (SSSR count). The Morgan fingerprint density at radius 2 is 1.90 bits per heavy atom. The van der Waals surface area contributed by atoms with Gasteiger partial charge in [-0.25, -0.2) is 9.97 Å². The van der Waals surface area contributed by atoms with Crippen molar-refractivity contribution in [3.8, 4) is 11.1 Å². The Labute approximate surface area is 125 Å². The van der Waals surface area contributed by atoms with Crippen molar-refractivity contribution in [2.75, 3.05) is 38.3 Å². The fourth-order valence-electron chi connectivity index (χ4n) is 2.46. The largest absolute Gasteiger partial charge is 0.378 e. The van der Waals surface area contributed by atoms with Gasteiger partial charge in [0, 0.05) is 37.6 Å². The lowest BCUT2D eigenvalue weighted by molar-refractivity contribution is 0.122. The number of nitrogens with zero attached hydrogens (tertiary/aromatic N) is 3. The van der Waals surface area contributed by atoms with Crippen LogP contribution >= 0.6 is 0 Å². The Morgan fingerprint density at radius 3 is 2.62 bits per heavy atom. The van der Waals surface area contributed by atoms with Crippen molar-refractivity contribution in [2.45, 2.75) is 6.54 Å². The van der Waals surface area contributed by atoms with Gasteiger partial charge in [0.1, 0.15) is 0 Å². The molecule has 5 heteroatoms. The van der Waals surface area contributed by atoms with E-state index in [4.69, 9.17) is 4.74 Å². The van der Waals surface area contributed by atoms with Gasteiger partial charge in [-0.05, 0) is 24.2 Å². The smallest absolute Gasteiger partial charge is 0.225 e. The second-order valence-corrected chi connectivity index (χ2v) is 5.10. The van der Waals surface area contributed by atoms with Crippen molar-refractivity contribution >= 4 is 5.95 Å². The molecule has 5 nitrogen and oxygen atoms in total. The van der Waals surface area contributed by atoms with E-state index in [0.717, 1.165) is 49.9 Å². The van der Waals surface area contributed by atoms with Gasteiger partial charge >= 0.3 is 0 Å². The molecule has 2 heterocycles. The third kappa shape index (κ3) is 3.37. The minimum atomic E-state index is 0.747. The summed E-state index contributed by atoms with van der Waals surface area (Å²) in [5.41, 5.74) is 3.45. The van der Waals surface area contributed by atoms with Crippen LogP contribution in [0.5, 0.6) is 0 Å². The summed E-state index contributed by atoms with van der Waals surface area (Å²) in [6.45, 7) is 4.07. The zero-order valence-electron chi connectivity index (χ0n) is 12.2. The molecule has 0 aliphatic carbocycles. The van der Waals surface area contributed by atoms with E-state index in [1.807, 2.05) is 19.4 Å². The molecular weight excluding hydrogens is 264 g/mol. The van der Waals surface area contributed by atoms with Crippen molar-refractivity contribution < 1.29 is 4.74 Å². The van der Waals surface area contributed by atoms with Gasteiger partial charge in [0.25, 0.3) is 0 Å². The molecule has 1 N–H and O–H groups in total. The van der Waals surface area contributed by atoms with Gasteiger partial charge in [0.15, 0.2) is 0 Å². The van der Waals surface area contributed by atoms with Crippen LogP contribution in [0.2, 0.25) is 0 Å². The third-order valence-electron chi connectivity index (χ3n) is 3.57. The molecule has 1 aliphatic rings. The van der Waals surface area contributed by atoms with Gasteiger partial charge in [-0.3, -0.25) is 0 Å². The maximum absolute atomic E-state index is 5.35. The number of hydrogen-bond acceptors (Lipinski definition) is 5. The minimum Gasteiger partial charge on any atom is -0.378 e. The molecule has 1 aromatic heterocycles. The lowest BCUT2D eigenvalue weighted by atomic mass is 10.1. The van der Waals surface area contributed by atoms with Gasteiger partial charge < -0.3 is 15.0 Å². The van der Waals surface area contributed by atoms with E-state index in [1.54, 1.807) is 0 Å². The van der Waals surface area contributed by atoms with E-state index < -0.39 is 0 Å².